The van der Waals surface area contributed by atoms with Gasteiger partial charge in [-0.3, -0.25) is 14.9 Å². The summed E-state index contributed by atoms with van der Waals surface area (Å²) in [6.45, 7) is 0.163. The number of carbonyl (C=O) groups is 1. The topological polar surface area (TPSA) is 122 Å². The van der Waals surface area contributed by atoms with E-state index in [0.29, 0.717) is 17.1 Å². The van der Waals surface area contributed by atoms with Crippen molar-refractivity contribution in [3.05, 3.63) is 81.5 Å². The molecule has 0 spiro atoms. The smallest absolute Gasteiger partial charge is 0.289 e. The first-order valence-electron chi connectivity index (χ1n) is 8.14. The first kappa shape index (κ1) is 19.1. The summed E-state index contributed by atoms with van der Waals surface area (Å²) < 4.78 is 0. The van der Waals surface area contributed by atoms with Gasteiger partial charge >= 0.3 is 0 Å². The van der Waals surface area contributed by atoms with Crippen LogP contribution in [0.5, 0.6) is 0 Å². The molecule has 28 heavy (non-hydrogen) atoms. The Morgan fingerprint density at radius 2 is 1.93 bits per heavy atom. The van der Waals surface area contributed by atoms with Gasteiger partial charge in [0.1, 0.15) is 10.8 Å². The molecule has 3 N–H and O–H groups in total. The maximum absolute atomic E-state index is 12.0. The number of amides is 1. The van der Waals surface area contributed by atoms with Crippen molar-refractivity contribution >= 4 is 40.6 Å². The van der Waals surface area contributed by atoms with E-state index in [1.165, 1.54) is 18.3 Å². The van der Waals surface area contributed by atoms with E-state index < -0.39 is 4.92 Å². The number of nitrogens with zero attached hydrogens (tertiary/aromatic N) is 3. The summed E-state index contributed by atoms with van der Waals surface area (Å²) in [5.74, 6) is 0.485. The average Bonchev–Trinajstić information content (AvgIpc) is 2.70. The number of nitrogens with one attached hydrogen (secondary N) is 3. The number of nitro groups is 1. The van der Waals surface area contributed by atoms with E-state index in [1.54, 1.807) is 36.4 Å². The SMILES string of the molecule is O=C(NCNc1ccnc(Nc2ccc(Cl)c([N+](=O)[O-])c2)n1)c1ccccc1. The number of hydrogen-bond acceptors (Lipinski definition) is 7. The van der Waals surface area contributed by atoms with Gasteiger partial charge < -0.3 is 16.0 Å². The third kappa shape index (κ3) is 4.92. The molecule has 3 aromatic rings. The predicted molar refractivity (Wildman–Crippen MR) is 106 cm³/mol. The maximum atomic E-state index is 12.0. The third-order valence-corrected chi connectivity index (χ3v) is 3.93. The molecule has 10 heteroatoms. The average molecular weight is 399 g/mol. The van der Waals surface area contributed by atoms with E-state index in [2.05, 4.69) is 25.9 Å². The molecule has 1 amide bonds. The van der Waals surface area contributed by atoms with Crippen molar-refractivity contribution in [1.82, 2.24) is 15.3 Å². The lowest BCUT2D eigenvalue weighted by Gasteiger charge is -2.10. The predicted octanol–water partition coefficient (Wildman–Crippen LogP) is 3.58. The molecule has 0 saturated heterocycles. The molecule has 0 fully saturated rings. The van der Waals surface area contributed by atoms with Crippen molar-refractivity contribution in [3.8, 4) is 0 Å². The number of benzene rings is 2. The van der Waals surface area contributed by atoms with Crippen LogP contribution in [0.2, 0.25) is 5.02 Å². The zero-order chi connectivity index (χ0) is 19.9. The molecule has 1 aromatic heterocycles. The number of nitro benzene ring substituents is 1. The third-order valence-electron chi connectivity index (χ3n) is 3.61. The van der Waals surface area contributed by atoms with E-state index in [9.17, 15) is 14.9 Å². The monoisotopic (exact) mass is 398 g/mol. The van der Waals surface area contributed by atoms with Crippen LogP contribution in [0.4, 0.5) is 23.1 Å². The van der Waals surface area contributed by atoms with Crippen LogP contribution in [-0.4, -0.2) is 27.5 Å². The van der Waals surface area contributed by atoms with Crippen molar-refractivity contribution in [1.29, 1.82) is 0 Å². The van der Waals surface area contributed by atoms with Gasteiger partial charge in [-0.15, -0.1) is 0 Å². The number of hydrogen-bond donors (Lipinski definition) is 3. The molecular weight excluding hydrogens is 384 g/mol. The van der Waals surface area contributed by atoms with Crippen LogP contribution >= 0.6 is 11.6 Å². The Hall–Kier alpha value is -3.72. The molecule has 0 aliphatic rings. The minimum atomic E-state index is -0.568. The summed E-state index contributed by atoms with van der Waals surface area (Å²) in [5.41, 5.74) is 0.758. The fraction of sp³-hybridized carbons (Fsp3) is 0.0556. The van der Waals surface area contributed by atoms with Gasteiger partial charge in [-0.05, 0) is 30.3 Å². The van der Waals surface area contributed by atoms with Crippen LogP contribution in [0.25, 0.3) is 0 Å². The van der Waals surface area contributed by atoms with Crippen LogP contribution < -0.4 is 16.0 Å². The summed E-state index contributed by atoms with van der Waals surface area (Å²) >= 11 is 5.80. The van der Waals surface area contributed by atoms with Crippen molar-refractivity contribution < 1.29 is 9.72 Å². The van der Waals surface area contributed by atoms with E-state index >= 15 is 0 Å². The second kappa shape index (κ2) is 8.78. The number of aromatic nitrogens is 2. The fourth-order valence-corrected chi connectivity index (χ4v) is 2.47. The molecule has 0 atom stereocenters. The number of halogens is 1. The van der Waals surface area contributed by atoms with Crippen LogP contribution in [-0.2, 0) is 0 Å². The Labute approximate surface area is 164 Å². The van der Waals surface area contributed by atoms with Crippen LogP contribution in [0.3, 0.4) is 0 Å². The molecule has 0 bridgehead atoms. The molecule has 0 saturated carbocycles. The van der Waals surface area contributed by atoms with Crippen molar-refractivity contribution in [2.24, 2.45) is 0 Å². The molecule has 3 rings (SSSR count). The lowest BCUT2D eigenvalue weighted by molar-refractivity contribution is -0.384. The highest BCUT2D eigenvalue weighted by Crippen LogP contribution is 2.28. The minimum Gasteiger partial charge on any atom is -0.353 e. The van der Waals surface area contributed by atoms with Gasteiger partial charge in [-0.25, -0.2) is 4.98 Å². The van der Waals surface area contributed by atoms with Gasteiger partial charge in [0.2, 0.25) is 5.95 Å². The molecular formula is C18H15ClN6O3. The fourth-order valence-electron chi connectivity index (χ4n) is 2.28. The molecule has 0 unspecified atom stereocenters. The second-order valence-corrected chi connectivity index (χ2v) is 5.95. The summed E-state index contributed by atoms with van der Waals surface area (Å²) in [6.07, 6.45) is 1.51. The highest BCUT2D eigenvalue weighted by atomic mass is 35.5. The van der Waals surface area contributed by atoms with Crippen LogP contribution in [0.15, 0.2) is 60.8 Å². The van der Waals surface area contributed by atoms with E-state index in [0.717, 1.165) is 0 Å². The van der Waals surface area contributed by atoms with Crippen molar-refractivity contribution in [2.75, 3.05) is 17.3 Å². The largest absolute Gasteiger partial charge is 0.353 e. The Bertz CT molecular complexity index is 1000. The van der Waals surface area contributed by atoms with Gasteiger partial charge in [-0.2, -0.15) is 4.98 Å². The number of rotatable bonds is 7. The molecule has 9 nitrogen and oxygen atoms in total. The van der Waals surface area contributed by atoms with Crippen molar-refractivity contribution in [3.63, 3.8) is 0 Å². The minimum absolute atomic E-state index is 0.0426. The molecule has 0 aliphatic carbocycles. The highest BCUT2D eigenvalue weighted by molar-refractivity contribution is 6.32. The summed E-state index contributed by atoms with van der Waals surface area (Å²) in [5, 5.41) is 19.6. The van der Waals surface area contributed by atoms with Gasteiger partial charge in [0.05, 0.1) is 11.6 Å². The van der Waals surface area contributed by atoms with Gasteiger partial charge in [0.25, 0.3) is 11.6 Å². The summed E-state index contributed by atoms with van der Waals surface area (Å²) in [7, 11) is 0. The Morgan fingerprint density at radius 1 is 1.14 bits per heavy atom. The second-order valence-electron chi connectivity index (χ2n) is 5.54. The molecule has 142 valence electrons. The highest BCUT2D eigenvalue weighted by Gasteiger charge is 2.13. The van der Waals surface area contributed by atoms with Crippen LogP contribution in [0.1, 0.15) is 10.4 Å². The molecule has 0 radical (unpaired) electrons. The maximum Gasteiger partial charge on any atom is 0.289 e. The van der Waals surface area contributed by atoms with E-state index in [1.807, 2.05) is 6.07 Å². The lowest BCUT2D eigenvalue weighted by atomic mass is 10.2. The zero-order valence-electron chi connectivity index (χ0n) is 14.4. The van der Waals surface area contributed by atoms with Gasteiger partial charge in [0.15, 0.2) is 0 Å². The standard InChI is InChI=1S/C18H15ClN6O3/c19-14-7-6-13(10-15(14)25(27)28)23-18-20-9-8-16(24-18)21-11-22-17(26)12-4-2-1-3-5-12/h1-10H,11H2,(H,22,26)(H2,20,21,23,24). The molecule has 1 heterocycles. The van der Waals surface area contributed by atoms with Crippen LogP contribution in [0, 0.1) is 10.1 Å². The number of carbonyl (C=O) groups excluding carboxylic acids is 1. The summed E-state index contributed by atoms with van der Waals surface area (Å²) in [6, 6.07) is 14.8. The Balaban J connectivity index is 1.60. The van der Waals surface area contributed by atoms with E-state index in [-0.39, 0.29) is 29.2 Å². The first-order valence-corrected chi connectivity index (χ1v) is 8.52. The summed E-state index contributed by atoms with van der Waals surface area (Å²) in [4.78, 5) is 30.7. The van der Waals surface area contributed by atoms with Gasteiger partial charge in [0, 0.05) is 23.5 Å². The lowest BCUT2D eigenvalue weighted by Crippen LogP contribution is -2.29. The van der Waals surface area contributed by atoms with Crippen molar-refractivity contribution in [2.45, 2.75) is 0 Å². The molecule has 2 aromatic carbocycles. The van der Waals surface area contributed by atoms with Gasteiger partial charge in [-0.1, -0.05) is 29.8 Å². The molecule has 0 aliphatic heterocycles. The number of anilines is 3. The van der Waals surface area contributed by atoms with E-state index in [4.69, 9.17) is 11.6 Å². The quantitative estimate of drug-likeness (QED) is 0.316. The Morgan fingerprint density at radius 3 is 2.68 bits per heavy atom. The first-order chi connectivity index (χ1) is 13.5. The normalized spacial score (nSPS) is 10.2. The Kier molecular flexibility index (Phi) is 5.97. The zero-order valence-corrected chi connectivity index (χ0v) is 15.2.